The van der Waals surface area contributed by atoms with Gasteiger partial charge in [-0.25, -0.2) is 0 Å². The van der Waals surface area contributed by atoms with E-state index in [1.165, 1.54) is 12.3 Å². The van der Waals surface area contributed by atoms with Crippen LogP contribution in [-0.4, -0.2) is 40.3 Å². The van der Waals surface area contributed by atoms with Gasteiger partial charge >= 0.3 is 12.1 Å². The maximum atomic E-state index is 13.0. The average molecular weight is 457 g/mol. The van der Waals surface area contributed by atoms with Crippen LogP contribution in [0.1, 0.15) is 88.7 Å². The van der Waals surface area contributed by atoms with Crippen molar-refractivity contribution in [2.75, 3.05) is 0 Å². The van der Waals surface area contributed by atoms with Crippen molar-refractivity contribution in [3.63, 3.8) is 0 Å². The minimum atomic E-state index is -4.52. The first kappa shape index (κ1) is 24.3. The summed E-state index contributed by atoms with van der Waals surface area (Å²) in [6.45, 7) is 8.03. The third-order valence-electron chi connectivity index (χ3n) is 5.72. The summed E-state index contributed by atoms with van der Waals surface area (Å²) in [4.78, 5) is 29.6. The van der Waals surface area contributed by atoms with Gasteiger partial charge in [-0.15, -0.1) is 0 Å². The van der Waals surface area contributed by atoms with Gasteiger partial charge in [-0.3, -0.25) is 14.6 Å². The highest BCUT2D eigenvalue weighted by Gasteiger charge is 2.45. The molecule has 3 rings (SSSR count). The lowest BCUT2D eigenvalue weighted by molar-refractivity contribution is -0.189. The van der Waals surface area contributed by atoms with Gasteiger partial charge in [0.05, 0.1) is 12.0 Å². The fraction of sp³-hybridized carbons (Fsp3) is 0.696. The molecule has 1 aromatic rings. The first-order chi connectivity index (χ1) is 14.7. The van der Waals surface area contributed by atoms with Crippen molar-refractivity contribution >= 4 is 11.9 Å². The SMILES string of the molecule is C[C@H](Oc1cc(C(=O)N[C@](C)(CC(=O)OC(C)(C)C)C2CC2)ncc1C1CC1)C(F)(F)F. The van der Waals surface area contributed by atoms with E-state index in [4.69, 9.17) is 9.47 Å². The lowest BCUT2D eigenvalue weighted by Gasteiger charge is -2.31. The van der Waals surface area contributed by atoms with Gasteiger partial charge in [0.2, 0.25) is 0 Å². The number of amides is 1. The number of hydrogen-bond donors (Lipinski definition) is 1. The van der Waals surface area contributed by atoms with Crippen LogP contribution in [0.4, 0.5) is 13.2 Å². The zero-order valence-corrected chi connectivity index (χ0v) is 19.1. The van der Waals surface area contributed by atoms with Gasteiger partial charge in [0.15, 0.2) is 6.10 Å². The fourth-order valence-corrected chi connectivity index (χ4v) is 3.64. The second kappa shape index (κ2) is 8.56. The predicted octanol–water partition coefficient (Wildman–Crippen LogP) is 4.92. The Labute approximate surface area is 186 Å². The van der Waals surface area contributed by atoms with E-state index in [2.05, 4.69) is 10.3 Å². The normalized spacial score (nSPS) is 19.6. The van der Waals surface area contributed by atoms with Crippen molar-refractivity contribution in [2.24, 2.45) is 5.92 Å². The Morgan fingerprint density at radius 1 is 1.16 bits per heavy atom. The maximum absolute atomic E-state index is 13.0. The zero-order chi connectivity index (χ0) is 23.9. The summed E-state index contributed by atoms with van der Waals surface area (Å²) in [5.41, 5.74) is -0.949. The van der Waals surface area contributed by atoms with E-state index in [-0.39, 0.29) is 29.7 Å². The number of hydrogen-bond acceptors (Lipinski definition) is 5. The molecule has 2 aliphatic rings. The molecule has 0 saturated heterocycles. The number of halogens is 3. The molecular formula is C23H31F3N2O4. The van der Waals surface area contributed by atoms with Crippen LogP contribution in [0.25, 0.3) is 0 Å². The summed E-state index contributed by atoms with van der Waals surface area (Å²) >= 11 is 0. The van der Waals surface area contributed by atoms with Crippen LogP contribution < -0.4 is 10.1 Å². The smallest absolute Gasteiger partial charge is 0.425 e. The number of nitrogens with one attached hydrogen (secondary N) is 1. The molecule has 9 heteroatoms. The van der Waals surface area contributed by atoms with Crippen LogP contribution in [0.5, 0.6) is 5.75 Å². The van der Waals surface area contributed by atoms with E-state index in [0.29, 0.717) is 5.56 Å². The molecule has 0 spiro atoms. The molecule has 1 amide bonds. The largest absolute Gasteiger partial charge is 0.481 e. The second-order valence-electron chi connectivity index (χ2n) is 10.1. The highest BCUT2D eigenvalue weighted by Crippen LogP contribution is 2.45. The molecule has 0 aromatic carbocycles. The molecule has 1 N–H and O–H groups in total. The predicted molar refractivity (Wildman–Crippen MR) is 111 cm³/mol. The molecule has 178 valence electrons. The molecule has 1 heterocycles. The van der Waals surface area contributed by atoms with Crippen molar-refractivity contribution < 1.29 is 32.2 Å². The first-order valence-corrected chi connectivity index (χ1v) is 11.0. The highest BCUT2D eigenvalue weighted by atomic mass is 19.4. The molecular weight excluding hydrogens is 425 g/mol. The lowest BCUT2D eigenvalue weighted by Crippen LogP contribution is -2.50. The molecule has 32 heavy (non-hydrogen) atoms. The summed E-state index contributed by atoms with van der Waals surface area (Å²) in [5.74, 6) is -0.746. The van der Waals surface area contributed by atoms with E-state index in [1.54, 1.807) is 27.7 Å². The standard InChI is InChI=1S/C23H31F3N2O4/c1-13(23(24,25)26)31-18-10-17(27-12-16(18)14-6-7-14)20(30)28-22(5,15-8-9-15)11-19(29)32-21(2,3)4/h10,12-15H,6-9,11H2,1-5H3,(H,28,30)/t13-,22+/m0/s1. The molecule has 2 atom stereocenters. The number of aromatic nitrogens is 1. The number of carbonyl (C=O) groups is 2. The number of pyridine rings is 1. The summed E-state index contributed by atoms with van der Waals surface area (Å²) < 4.78 is 49.7. The van der Waals surface area contributed by atoms with Crippen molar-refractivity contribution in [2.45, 2.75) is 96.1 Å². The topological polar surface area (TPSA) is 77.5 Å². The van der Waals surface area contributed by atoms with Crippen LogP contribution in [0, 0.1) is 5.92 Å². The van der Waals surface area contributed by atoms with E-state index in [1.807, 2.05) is 0 Å². The minimum absolute atomic E-state index is 0.00466. The fourth-order valence-electron chi connectivity index (χ4n) is 3.64. The monoisotopic (exact) mass is 456 g/mol. The lowest BCUT2D eigenvalue weighted by atomic mass is 9.91. The summed E-state index contributed by atoms with van der Waals surface area (Å²) in [6, 6.07) is 1.27. The van der Waals surface area contributed by atoms with Gasteiger partial charge < -0.3 is 14.8 Å². The Balaban J connectivity index is 1.78. The van der Waals surface area contributed by atoms with Crippen molar-refractivity contribution in [1.29, 1.82) is 0 Å². The van der Waals surface area contributed by atoms with E-state index in [0.717, 1.165) is 32.6 Å². The Morgan fingerprint density at radius 2 is 1.78 bits per heavy atom. The quantitative estimate of drug-likeness (QED) is 0.562. The molecule has 0 unspecified atom stereocenters. The minimum Gasteiger partial charge on any atom is -0.481 e. The summed E-state index contributed by atoms with van der Waals surface area (Å²) in [5, 5.41) is 2.88. The Morgan fingerprint density at radius 3 is 2.28 bits per heavy atom. The molecule has 0 radical (unpaired) electrons. The highest BCUT2D eigenvalue weighted by molar-refractivity contribution is 5.93. The average Bonchev–Trinajstić information content (AvgIpc) is 3.52. The van der Waals surface area contributed by atoms with Gasteiger partial charge in [0, 0.05) is 17.8 Å². The molecule has 0 bridgehead atoms. The number of rotatable bonds is 8. The Kier molecular flexibility index (Phi) is 6.50. The molecule has 2 aliphatic carbocycles. The van der Waals surface area contributed by atoms with Crippen LogP contribution in [0.2, 0.25) is 0 Å². The van der Waals surface area contributed by atoms with Crippen LogP contribution in [-0.2, 0) is 9.53 Å². The van der Waals surface area contributed by atoms with Crippen LogP contribution >= 0.6 is 0 Å². The van der Waals surface area contributed by atoms with E-state index in [9.17, 15) is 22.8 Å². The van der Waals surface area contributed by atoms with E-state index >= 15 is 0 Å². The summed E-state index contributed by atoms with van der Waals surface area (Å²) in [6.07, 6.45) is -1.69. The van der Waals surface area contributed by atoms with Gasteiger partial charge in [-0.1, -0.05) is 0 Å². The van der Waals surface area contributed by atoms with E-state index < -0.39 is 35.3 Å². The third kappa shape index (κ3) is 6.36. The number of esters is 1. The van der Waals surface area contributed by atoms with Gasteiger partial charge in [0.25, 0.3) is 5.91 Å². The molecule has 1 aromatic heterocycles. The zero-order valence-electron chi connectivity index (χ0n) is 19.1. The first-order valence-electron chi connectivity index (χ1n) is 11.0. The Bertz CT molecular complexity index is 873. The third-order valence-corrected chi connectivity index (χ3v) is 5.72. The maximum Gasteiger partial charge on any atom is 0.425 e. The van der Waals surface area contributed by atoms with Gasteiger partial charge in [0.1, 0.15) is 17.0 Å². The number of ether oxygens (including phenoxy) is 2. The van der Waals surface area contributed by atoms with Crippen LogP contribution in [0.15, 0.2) is 12.3 Å². The Hall–Kier alpha value is -2.32. The second-order valence-corrected chi connectivity index (χ2v) is 10.1. The number of nitrogens with zero attached hydrogens (tertiary/aromatic N) is 1. The molecule has 2 fully saturated rings. The van der Waals surface area contributed by atoms with Crippen molar-refractivity contribution in [3.05, 3.63) is 23.5 Å². The van der Waals surface area contributed by atoms with Crippen molar-refractivity contribution in [3.8, 4) is 5.75 Å². The molecule has 2 saturated carbocycles. The van der Waals surface area contributed by atoms with Gasteiger partial charge in [-0.2, -0.15) is 13.2 Å². The van der Waals surface area contributed by atoms with Crippen molar-refractivity contribution in [1.82, 2.24) is 10.3 Å². The number of alkyl halides is 3. The number of carbonyl (C=O) groups excluding carboxylic acids is 2. The molecule has 0 aliphatic heterocycles. The molecule has 6 nitrogen and oxygen atoms in total. The van der Waals surface area contributed by atoms with Crippen LogP contribution in [0.3, 0.4) is 0 Å². The van der Waals surface area contributed by atoms with Gasteiger partial charge in [-0.05, 0) is 72.1 Å². The summed E-state index contributed by atoms with van der Waals surface area (Å²) in [7, 11) is 0.